The van der Waals surface area contributed by atoms with E-state index in [9.17, 15) is 18.7 Å². The van der Waals surface area contributed by atoms with E-state index in [0.29, 0.717) is 12.8 Å². The van der Waals surface area contributed by atoms with Gasteiger partial charge in [-0.25, -0.2) is 9.59 Å². The summed E-state index contributed by atoms with van der Waals surface area (Å²) in [6, 6.07) is 5.77. The van der Waals surface area contributed by atoms with Gasteiger partial charge in [0.05, 0.1) is 36.7 Å². The summed E-state index contributed by atoms with van der Waals surface area (Å²) in [6.07, 6.45) is 0.882. The van der Waals surface area contributed by atoms with E-state index in [1.54, 1.807) is 0 Å². The molecule has 0 heterocycles. The second kappa shape index (κ2) is 13.0. The van der Waals surface area contributed by atoms with Crippen LogP contribution in [0, 0.1) is 0 Å². The van der Waals surface area contributed by atoms with Crippen LogP contribution in [0.15, 0.2) is 24.3 Å². The highest BCUT2D eigenvalue weighted by atomic mass is 31.2. The number of rotatable bonds is 14. The number of carbonyl (C=O) groups excluding carboxylic acids is 2. The van der Waals surface area contributed by atoms with E-state index in [1.165, 1.54) is 52.7 Å². The van der Waals surface area contributed by atoms with E-state index in [1.807, 2.05) is 0 Å². The maximum Gasteiger partial charge on any atom is 0.338 e. The van der Waals surface area contributed by atoms with E-state index < -0.39 is 27.1 Å². The van der Waals surface area contributed by atoms with Gasteiger partial charge in [-0.3, -0.25) is 9.13 Å². The topological polar surface area (TPSA) is 124 Å². The molecule has 1 rings (SSSR count). The van der Waals surface area contributed by atoms with Crippen LogP contribution in [0.5, 0.6) is 0 Å². The summed E-state index contributed by atoms with van der Waals surface area (Å²) >= 11 is 0. The fourth-order valence-electron chi connectivity index (χ4n) is 2.27. The number of esters is 2. The van der Waals surface area contributed by atoms with Crippen LogP contribution < -0.4 is 0 Å². The Kier molecular flexibility index (Phi) is 11.5. The van der Waals surface area contributed by atoms with Crippen LogP contribution in [0.25, 0.3) is 0 Å². The normalized spacial score (nSPS) is 11.9. The predicted octanol–water partition coefficient (Wildman–Crippen LogP) is 3.75. The molecule has 0 N–H and O–H groups in total. The monoisotopic (exact) mass is 466 g/mol. The molecule has 0 fully saturated rings. The zero-order chi connectivity index (χ0) is 22.6. The number of hydrogen-bond donors (Lipinski definition) is 0. The molecule has 1 aromatic carbocycles. The highest BCUT2D eigenvalue weighted by Crippen LogP contribution is 2.47. The molecule has 10 nitrogen and oxygen atoms in total. The van der Waals surface area contributed by atoms with Gasteiger partial charge in [0.25, 0.3) is 0 Å². The van der Waals surface area contributed by atoms with Crippen molar-refractivity contribution in [1.29, 1.82) is 0 Å². The minimum atomic E-state index is -3.13. The highest BCUT2D eigenvalue weighted by molar-refractivity contribution is 7.54. The maximum atomic E-state index is 12.0. The van der Waals surface area contributed by atoms with E-state index in [0.717, 1.165) is 0 Å². The lowest BCUT2D eigenvalue weighted by atomic mass is 10.1. The van der Waals surface area contributed by atoms with Gasteiger partial charge in [-0.1, -0.05) is 0 Å². The van der Waals surface area contributed by atoms with Crippen LogP contribution in [0.2, 0.25) is 0 Å². The van der Waals surface area contributed by atoms with Gasteiger partial charge in [0, 0.05) is 28.4 Å². The fraction of sp³-hybridized carbons (Fsp3) is 0.556. The van der Waals surface area contributed by atoms with Crippen molar-refractivity contribution in [3.8, 4) is 0 Å². The molecule has 30 heavy (non-hydrogen) atoms. The molecule has 0 saturated carbocycles. The first-order valence-corrected chi connectivity index (χ1v) is 12.5. The SMILES string of the molecule is COP(=O)(CCCOC(=O)c1ccc(C(=O)OCCCP(=O)(OC)OC)cc1)OC. The van der Waals surface area contributed by atoms with Gasteiger partial charge >= 0.3 is 27.1 Å². The molecule has 0 aliphatic heterocycles. The summed E-state index contributed by atoms with van der Waals surface area (Å²) in [7, 11) is -1.09. The van der Waals surface area contributed by atoms with E-state index in [4.69, 9.17) is 27.6 Å². The summed E-state index contributed by atoms with van der Waals surface area (Å²) < 4.78 is 53.2. The number of hydrogen-bond acceptors (Lipinski definition) is 10. The van der Waals surface area contributed by atoms with Gasteiger partial charge in [-0.15, -0.1) is 0 Å². The van der Waals surface area contributed by atoms with Crippen molar-refractivity contribution in [3.63, 3.8) is 0 Å². The molecule has 0 spiro atoms. The minimum absolute atomic E-state index is 0.0478. The predicted molar refractivity (Wildman–Crippen MR) is 109 cm³/mol. The molecule has 170 valence electrons. The second-order valence-electron chi connectivity index (χ2n) is 5.96. The lowest BCUT2D eigenvalue weighted by molar-refractivity contribution is 0.0490. The van der Waals surface area contributed by atoms with Crippen molar-refractivity contribution in [3.05, 3.63) is 35.4 Å². The van der Waals surface area contributed by atoms with E-state index in [2.05, 4.69) is 0 Å². The van der Waals surface area contributed by atoms with Crippen LogP contribution in [0.1, 0.15) is 33.6 Å². The average Bonchev–Trinajstić information content (AvgIpc) is 2.79. The Bertz CT molecular complexity index is 697. The zero-order valence-electron chi connectivity index (χ0n) is 17.5. The smallest absolute Gasteiger partial charge is 0.338 e. The summed E-state index contributed by atoms with van der Waals surface area (Å²) in [6.45, 7) is 0.0955. The molecular formula is C18H28O10P2. The number of ether oxygens (including phenoxy) is 2. The molecule has 0 aliphatic carbocycles. The lowest BCUT2D eigenvalue weighted by Crippen LogP contribution is -2.10. The highest BCUT2D eigenvalue weighted by Gasteiger charge is 2.21. The molecule has 0 unspecified atom stereocenters. The Balaban J connectivity index is 2.43. The Hall–Kier alpha value is -1.54. The van der Waals surface area contributed by atoms with Crippen molar-refractivity contribution < 1.29 is 46.3 Å². The van der Waals surface area contributed by atoms with Crippen molar-refractivity contribution in [2.75, 3.05) is 54.0 Å². The fourth-order valence-corrected chi connectivity index (χ4v) is 4.33. The zero-order valence-corrected chi connectivity index (χ0v) is 19.3. The lowest BCUT2D eigenvalue weighted by Gasteiger charge is -2.13. The molecule has 0 radical (unpaired) electrons. The van der Waals surface area contributed by atoms with Gasteiger partial charge in [-0.05, 0) is 37.1 Å². The summed E-state index contributed by atoms with van der Waals surface area (Å²) in [5.41, 5.74) is 0.517. The van der Waals surface area contributed by atoms with Gasteiger partial charge in [-0.2, -0.15) is 0 Å². The molecule has 12 heteroatoms. The first-order chi connectivity index (χ1) is 14.2. The van der Waals surface area contributed by atoms with Crippen molar-refractivity contribution >= 4 is 27.1 Å². The first-order valence-electron chi connectivity index (χ1n) is 9.08. The van der Waals surface area contributed by atoms with Gasteiger partial charge in [0.2, 0.25) is 0 Å². The Labute approximate surface area is 176 Å². The second-order valence-corrected chi connectivity index (χ2v) is 10.8. The molecule has 1 aromatic rings. The molecule has 0 saturated heterocycles. The van der Waals surface area contributed by atoms with E-state index >= 15 is 0 Å². The first kappa shape index (κ1) is 26.5. The standard InChI is InChI=1S/C18H28O10P2/c1-23-29(21,24-2)13-5-11-27-17(19)15-7-9-16(10-8-15)18(20)28-12-6-14-30(22,25-3)26-4/h7-10H,5-6,11-14H2,1-4H3. The largest absolute Gasteiger partial charge is 0.462 e. The molecule has 0 aromatic heterocycles. The van der Waals surface area contributed by atoms with Crippen molar-refractivity contribution in [1.82, 2.24) is 0 Å². The molecule has 0 aliphatic rings. The van der Waals surface area contributed by atoms with Crippen LogP contribution in [0.4, 0.5) is 0 Å². The van der Waals surface area contributed by atoms with Crippen molar-refractivity contribution in [2.45, 2.75) is 12.8 Å². The van der Waals surface area contributed by atoms with Gasteiger partial charge < -0.3 is 27.6 Å². The molecular weight excluding hydrogens is 438 g/mol. The third-order valence-corrected chi connectivity index (χ3v) is 8.04. The quantitative estimate of drug-likeness (QED) is 0.227. The van der Waals surface area contributed by atoms with Gasteiger partial charge in [0.15, 0.2) is 0 Å². The van der Waals surface area contributed by atoms with Gasteiger partial charge in [0.1, 0.15) is 0 Å². The Morgan fingerprint density at radius 3 is 1.23 bits per heavy atom. The molecule has 0 atom stereocenters. The van der Waals surface area contributed by atoms with Crippen LogP contribution >= 0.6 is 15.2 Å². The van der Waals surface area contributed by atoms with Crippen molar-refractivity contribution in [2.24, 2.45) is 0 Å². The third-order valence-electron chi connectivity index (χ3n) is 4.09. The molecule has 0 amide bonds. The Morgan fingerprint density at radius 2 is 0.967 bits per heavy atom. The Morgan fingerprint density at radius 1 is 0.667 bits per heavy atom. The number of benzene rings is 1. The van der Waals surface area contributed by atoms with Crippen LogP contribution in [-0.4, -0.2) is 65.9 Å². The molecule has 0 bridgehead atoms. The maximum absolute atomic E-state index is 12.0. The minimum Gasteiger partial charge on any atom is -0.462 e. The van der Waals surface area contributed by atoms with Crippen LogP contribution in [-0.2, 0) is 36.7 Å². The summed E-state index contributed by atoms with van der Waals surface area (Å²) in [4.78, 5) is 24.1. The average molecular weight is 466 g/mol. The van der Waals surface area contributed by atoms with Crippen LogP contribution in [0.3, 0.4) is 0 Å². The van der Waals surface area contributed by atoms with E-state index in [-0.39, 0.29) is 36.7 Å². The summed E-state index contributed by atoms with van der Waals surface area (Å²) in [5.74, 6) is -1.15. The number of carbonyl (C=O) groups is 2. The third kappa shape index (κ3) is 8.68. The summed E-state index contributed by atoms with van der Waals surface area (Å²) in [5, 5.41) is 0.